The summed E-state index contributed by atoms with van der Waals surface area (Å²) in [5, 5.41) is 2.84. The maximum absolute atomic E-state index is 13.1. The van der Waals surface area contributed by atoms with Crippen LogP contribution in [0.25, 0.3) is 0 Å². The van der Waals surface area contributed by atoms with Crippen LogP contribution in [-0.4, -0.2) is 24.1 Å². The maximum atomic E-state index is 13.1. The van der Waals surface area contributed by atoms with Crippen LogP contribution in [0.5, 0.6) is 0 Å². The van der Waals surface area contributed by atoms with E-state index < -0.39 is 0 Å². The van der Waals surface area contributed by atoms with E-state index in [-0.39, 0.29) is 24.8 Å². The molecule has 0 fully saturated rings. The van der Waals surface area contributed by atoms with Crippen molar-refractivity contribution < 1.29 is 9.59 Å². The fraction of sp³-hybridized carbons (Fsp3) is 0.0952. The number of benzene rings is 2. The molecule has 2 aromatic carbocycles. The molecule has 3 aromatic rings. The van der Waals surface area contributed by atoms with Gasteiger partial charge >= 0.3 is 0 Å². The number of aliphatic imine (C=N–C) groups is 1. The average molecular weight is 533 g/mol. The van der Waals surface area contributed by atoms with Gasteiger partial charge in [-0.1, -0.05) is 34.1 Å². The molecule has 1 aromatic heterocycles. The van der Waals surface area contributed by atoms with Gasteiger partial charge in [-0.25, -0.2) is 4.99 Å². The molecular weight excluding hydrogens is 518 g/mol. The molecule has 2 heterocycles. The van der Waals surface area contributed by atoms with E-state index in [1.165, 1.54) is 16.2 Å². The second-order valence-corrected chi connectivity index (χ2v) is 9.74. The van der Waals surface area contributed by atoms with Gasteiger partial charge in [0.1, 0.15) is 6.54 Å². The molecule has 1 aliphatic rings. The van der Waals surface area contributed by atoms with Crippen molar-refractivity contribution in [2.75, 3.05) is 16.8 Å². The topological polar surface area (TPSA) is 61.8 Å². The molecule has 0 spiro atoms. The van der Waals surface area contributed by atoms with Gasteiger partial charge in [-0.15, -0.1) is 11.3 Å². The summed E-state index contributed by atoms with van der Waals surface area (Å²) >= 11 is 8.38. The Morgan fingerprint density at radius 2 is 1.93 bits per heavy atom. The number of rotatable bonds is 4. The van der Waals surface area contributed by atoms with Crippen molar-refractivity contribution in [3.05, 3.63) is 73.8 Å². The van der Waals surface area contributed by atoms with Gasteiger partial charge in [-0.3, -0.25) is 9.59 Å². The zero-order chi connectivity index (χ0) is 20.4. The van der Waals surface area contributed by atoms with E-state index in [0.717, 1.165) is 13.1 Å². The predicted molar refractivity (Wildman–Crippen MR) is 124 cm³/mol. The molecule has 0 unspecified atom stereocenters. The van der Waals surface area contributed by atoms with Crippen molar-refractivity contribution in [3.63, 3.8) is 0 Å². The third-order valence-electron chi connectivity index (χ3n) is 4.32. The summed E-state index contributed by atoms with van der Waals surface area (Å²) in [6.07, 6.45) is 0.131. The van der Waals surface area contributed by atoms with Crippen LogP contribution in [0, 0.1) is 0 Å². The number of carbonyl (C=O) groups excluding carboxylic acids is 2. The largest absolute Gasteiger partial charge is 0.324 e. The van der Waals surface area contributed by atoms with Crippen LogP contribution in [0.4, 0.5) is 17.1 Å². The van der Waals surface area contributed by atoms with Crippen molar-refractivity contribution in [3.8, 4) is 0 Å². The van der Waals surface area contributed by atoms with Crippen LogP contribution in [0.15, 0.2) is 73.9 Å². The monoisotopic (exact) mass is 531 g/mol. The van der Waals surface area contributed by atoms with Crippen LogP contribution in [0.2, 0.25) is 0 Å². The lowest BCUT2D eigenvalue weighted by Crippen LogP contribution is -2.38. The van der Waals surface area contributed by atoms with Gasteiger partial charge in [0, 0.05) is 10.2 Å². The average Bonchev–Trinajstić information content (AvgIpc) is 3.07. The van der Waals surface area contributed by atoms with Crippen LogP contribution in [0.3, 0.4) is 0 Å². The lowest BCUT2D eigenvalue weighted by Gasteiger charge is -2.21. The van der Waals surface area contributed by atoms with Crippen molar-refractivity contribution in [1.29, 1.82) is 0 Å². The van der Waals surface area contributed by atoms with E-state index in [9.17, 15) is 9.59 Å². The minimum absolute atomic E-state index is 0.0840. The van der Waals surface area contributed by atoms with E-state index in [2.05, 4.69) is 37.2 Å². The third kappa shape index (κ3) is 4.66. The Kier molecular flexibility index (Phi) is 5.94. The first-order valence-corrected chi connectivity index (χ1v) is 11.2. The van der Waals surface area contributed by atoms with Crippen molar-refractivity contribution in [2.24, 2.45) is 4.99 Å². The van der Waals surface area contributed by atoms with E-state index in [0.29, 0.717) is 22.8 Å². The van der Waals surface area contributed by atoms with Gasteiger partial charge in [0.05, 0.1) is 32.2 Å². The van der Waals surface area contributed by atoms with Gasteiger partial charge < -0.3 is 10.2 Å². The molecule has 4 rings (SSSR count). The van der Waals surface area contributed by atoms with Crippen LogP contribution < -0.4 is 10.2 Å². The Morgan fingerprint density at radius 3 is 2.69 bits per heavy atom. The minimum Gasteiger partial charge on any atom is -0.324 e. The quantitative estimate of drug-likeness (QED) is 0.463. The lowest BCUT2D eigenvalue weighted by molar-refractivity contribution is -0.120. The Hall–Kier alpha value is -2.29. The summed E-state index contributed by atoms with van der Waals surface area (Å²) in [4.78, 5) is 32.9. The summed E-state index contributed by atoms with van der Waals surface area (Å²) < 4.78 is 1.84. The highest BCUT2D eigenvalue weighted by Crippen LogP contribution is 2.34. The number of hydrogen-bond donors (Lipinski definition) is 1. The molecule has 0 saturated heterocycles. The maximum Gasteiger partial charge on any atom is 0.244 e. The first-order valence-electron chi connectivity index (χ1n) is 8.78. The standard InChI is InChI=1S/C21H15Br2N3O2S/c22-13-4-3-5-14(10-13)24-20(27)12-26-17-7-2-1-6-15(17)25-16(11-21(26)28)18-8-9-19(23)29-18/h1-10H,11-12H2,(H,24,27). The number of nitrogens with zero attached hydrogens (tertiary/aromatic N) is 2. The molecule has 0 bridgehead atoms. The zero-order valence-electron chi connectivity index (χ0n) is 15.1. The van der Waals surface area contributed by atoms with Crippen molar-refractivity contribution >= 4 is 77.8 Å². The highest BCUT2D eigenvalue weighted by atomic mass is 79.9. The Labute approximate surface area is 188 Å². The second-order valence-electron chi connectivity index (χ2n) is 6.37. The summed E-state index contributed by atoms with van der Waals surface area (Å²) in [5.74, 6) is -0.434. The number of para-hydroxylation sites is 2. The number of thiophene rings is 1. The number of hydrogen-bond acceptors (Lipinski definition) is 4. The Bertz CT molecular complexity index is 1130. The summed E-state index contributed by atoms with van der Waals surface area (Å²) in [6.45, 7) is -0.0840. The summed E-state index contributed by atoms with van der Waals surface area (Å²) in [7, 11) is 0. The molecule has 2 amide bonds. The van der Waals surface area contributed by atoms with Crippen LogP contribution in [-0.2, 0) is 9.59 Å². The molecule has 0 atom stereocenters. The fourth-order valence-corrected chi connectivity index (χ4v) is 4.81. The van der Waals surface area contributed by atoms with E-state index >= 15 is 0 Å². The zero-order valence-corrected chi connectivity index (χ0v) is 19.1. The summed E-state index contributed by atoms with van der Waals surface area (Å²) in [5.41, 5.74) is 2.67. The fourth-order valence-electron chi connectivity index (χ4n) is 3.04. The third-order valence-corrected chi connectivity index (χ3v) is 6.48. The molecule has 146 valence electrons. The molecule has 8 heteroatoms. The highest BCUT2D eigenvalue weighted by molar-refractivity contribution is 9.11. The van der Waals surface area contributed by atoms with E-state index in [1.807, 2.05) is 54.6 Å². The van der Waals surface area contributed by atoms with Gasteiger partial charge in [-0.2, -0.15) is 0 Å². The number of amides is 2. The highest BCUT2D eigenvalue weighted by Gasteiger charge is 2.27. The van der Waals surface area contributed by atoms with Gasteiger partial charge in [0.15, 0.2) is 0 Å². The number of carbonyl (C=O) groups is 2. The number of nitrogens with one attached hydrogen (secondary N) is 1. The summed E-state index contributed by atoms with van der Waals surface area (Å²) in [6, 6.07) is 18.6. The molecule has 1 N–H and O–H groups in total. The van der Waals surface area contributed by atoms with Crippen molar-refractivity contribution in [2.45, 2.75) is 6.42 Å². The molecular formula is C21H15Br2N3O2S. The SMILES string of the molecule is O=C(CN1C(=O)CC(c2ccc(Br)s2)=Nc2ccccc21)Nc1cccc(Br)c1. The molecule has 5 nitrogen and oxygen atoms in total. The molecule has 0 saturated carbocycles. The van der Waals surface area contributed by atoms with E-state index in [4.69, 9.17) is 4.99 Å². The number of fused-ring (bicyclic) bond motifs is 1. The predicted octanol–water partition coefficient (Wildman–Crippen LogP) is 5.77. The number of halogens is 2. The Morgan fingerprint density at radius 1 is 1.10 bits per heavy atom. The minimum atomic E-state index is -0.270. The Balaban J connectivity index is 1.60. The van der Waals surface area contributed by atoms with Gasteiger partial charge in [-0.05, 0) is 58.4 Å². The molecule has 0 radical (unpaired) electrons. The van der Waals surface area contributed by atoms with Crippen LogP contribution in [0.1, 0.15) is 11.3 Å². The van der Waals surface area contributed by atoms with Gasteiger partial charge in [0.25, 0.3) is 0 Å². The molecule has 29 heavy (non-hydrogen) atoms. The number of anilines is 2. The van der Waals surface area contributed by atoms with Gasteiger partial charge in [0.2, 0.25) is 11.8 Å². The first-order chi connectivity index (χ1) is 14.0. The van der Waals surface area contributed by atoms with E-state index in [1.54, 1.807) is 6.07 Å². The smallest absolute Gasteiger partial charge is 0.244 e. The molecule has 1 aliphatic heterocycles. The normalized spacial score (nSPS) is 13.5. The molecule has 0 aliphatic carbocycles. The second kappa shape index (κ2) is 8.61. The van der Waals surface area contributed by atoms with Crippen LogP contribution >= 0.6 is 43.2 Å². The lowest BCUT2D eigenvalue weighted by atomic mass is 10.2. The van der Waals surface area contributed by atoms with Crippen molar-refractivity contribution in [1.82, 2.24) is 0 Å². The first kappa shape index (κ1) is 20.0.